The fourth-order valence-electron chi connectivity index (χ4n) is 13.2. The third kappa shape index (κ3) is 34.7. The predicted molar refractivity (Wildman–Crippen MR) is 440 cm³/mol. The zero-order valence-corrected chi connectivity index (χ0v) is 70.3. The van der Waals surface area contributed by atoms with Crippen molar-refractivity contribution < 1.29 is 116 Å². The molecule has 0 saturated carbocycles. The van der Waals surface area contributed by atoms with Gasteiger partial charge in [-0.25, -0.2) is 4.79 Å². The summed E-state index contributed by atoms with van der Waals surface area (Å²) in [6.07, 6.45) is -3.74. The Morgan fingerprint density at radius 3 is 1.38 bits per heavy atom. The van der Waals surface area contributed by atoms with E-state index in [1.165, 1.54) is 27.7 Å². The topological polar surface area (TPSA) is 702 Å². The molecule has 2 heterocycles. The molecule has 0 unspecified atom stereocenters. The summed E-state index contributed by atoms with van der Waals surface area (Å²) in [5.41, 5.74) is 23.8. The van der Waals surface area contributed by atoms with Crippen molar-refractivity contribution >= 4 is 129 Å². The van der Waals surface area contributed by atoms with Crippen LogP contribution in [0.1, 0.15) is 170 Å². The SMILES string of the molecule is CC[C@H](C)[C@H](NC(=O)[C@H](CCC(=O)O)NC(=O)[C@@H]1CCCN1C(=O)[C@H](CCCCN)NC(=O)[C@H](CC(N)=O)NC(=O)[C@H](CC(N)=O)NC(=O)[C@H](C)N)C(=O)N[C@@H](CCC(=O)O)C(=O)N[C@@H](C)C(=O)N[C@@H](C)C(=O)N[C@@H](CC(C)C)C(=O)N[C@@H](Cc1ccccc1)C(=O)N[C@@H](CC(C)C)C(=O)N[C@@H](CC(=O)O)C(=O)N[C@@H](Cc1c[nH]c2ccccc12)C(=O)O. The minimum absolute atomic E-state index is 0.0435. The van der Waals surface area contributed by atoms with Gasteiger partial charge in [0.2, 0.25) is 94.5 Å². The maximum atomic E-state index is 14.6. The molecule has 16 amide bonds. The smallest absolute Gasteiger partial charge is 0.326 e. The number of carbonyl (C=O) groups is 20. The number of hydrogen-bond donors (Lipinski definition) is 22. The van der Waals surface area contributed by atoms with Gasteiger partial charge in [0.05, 0.1) is 25.3 Å². The van der Waals surface area contributed by atoms with Crippen molar-refractivity contribution in [2.75, 3.05) is 13.1 Å². The van der Waals surface area contributed by atoms with Crippen LogP contribution in [0.25, 0.3) is 10.9 Å². The number of amides is 16. The number of H-pyrrole nitrogens is 1. The number of nitrogens with two attached hydrogens (primary N) is 4. The second-order valence-electron chi connectivity index (χ2n) is 31.4. The van der Waals surface area contributed by atoms with Crippen LogP contribution in [-0.4, -0.2) is 252 Å². The van der Waals surface area contributed by atoms with Gasteiger partial charge in [-0.3, -0.25) is 91.1 Å². The van der Waals surface area contributed by atoms with Crippen LogP contribution in [0.15, 0.2) is 60.8 Å². The van der Waals surface area contributed by atoms with Crippen LogP contribution in [0.5, 0.6) is 0 Å². The lowest BCUT2D eigenvalue weighted by molar-refractivity contribution is -0.144. The molecule has 0 bridgehead atoms. The number of hydrogen-bond acceptors (Lipinski definition) is 22. The molecule has 4 rings (SSSR count). The number of carboxylic acid groups (broad SMARTS) is 4. The molecule has 1 aliphatic heterocycles. The first-order valence-corrected chi connectivity index (χ1v) is 40.6. The van der Waals surface area contributed by atoms with E-state index in [0.717, 1.165) is 4.90 Å². The van der Waals surface area contributed by atoms with Gasteiger partial charge in [0.15, 0.2) is 0 Å². The molecule has 1 saturated heterocycles. The molecule has 3 aromatic rings. The van der Waals surface area contributed by atoms with Gasteiger partial charge in [0, 0.05) is 49.3 Å². The van der Waals surface area contributed by atoms with Crippen LogP contribution in [0.2, 0.25) is 0 Å². The summed E-state index contributed by atoms with van der Waals surface area (Å²) >= 11 is 0. The zero-order chi connectivity index (χ0) is 92.2. The predicted octanol–water partition coefficient (Wildman–Crippen LogP) is -4.06. The Morgan fingerprint density at radius 1 is 0.447 bits per heavy atom. The highest BCUT2D eigenvalue weighted by Gasteiger charge is 2.43. The molecule has 1 fully saturated rings. The quantitative estimate of drug-likeness (QED) is 0.0239. The molecular weight excluding hydrogens is 1610 g/mol. The van der Waals surface area contributed by atoms with E-state index in [4.69, 9.17) is 22.9 Å². The van der Waals surface area contributed by atoms with E-state index >= 15 is 0 Å². The second kappa shape index (κ2) is 50.5. The van der Waals surface area contributed by atoms with E-state index in [2.05, 4.69) is 74.1 Å². The first-order chi connectivity index (χ1) is 57.8. The number of aromatic amines is 1. The highest BCUT2D eigenvalue weighted by atomic mass is 16.4. The van der Waals surface area contributed by atoms with Gasteiger partial charge >= 0.3 is 23.9 Å². The zero-order valence-electron chi connectivity index (χ0n) is 70.3. The molecule has 16 atom stereocenters. The summed E-state index contributed by atoms with van der Waals surface area (Å²) < 4.78 is 0. The Labute approximate surface area is 709 Å². The lowest BCUT2D eigenvalue weighted by Crippen LogP contribution is -2.61. The molecule has 2 aromatic carbocycles. The van der Waals surface area contributed by atoms with Gasteiger partial charge in [-0.15, -0.1) is 0 Å². The largest absolute Gasteiger partial charge is 0.481 e. The number of para-hydroxylation sites is 1. The minimum Gasteiger partial charge on any atom is -0.481 e. The number of aliphatic carboxylic acids is 4. The number of benzene rings is 2. The molecule has 0 aliphatic carbocycles. The Balaban J connectivity index is 1.51. The maximum absolute atomic E-state index is 14.6. The van der Waals surface area contributed by atoms with Crippen molar-refractivity contribution in [1.29, 1.82) is 0 Å². The summed E-state index contributed by atoms with van der Waals surface area (Å²) in [5, 5.41) is 72.0. The number of primary amides is 2. The van der Waals surface area contributed by atoms with Crippen LogP contribution in [0, 0.1) is 17.8 Å². The number of nitrogens with zero attached hydrogens (tertiary/aromatic N) is 1. The number of carboxylic acids is 4. The molecule has 0 radical (unpaired) electrons. The molecule has 1 aromatic heterocycles. The molecule has 43 heteroatoms. The van der Waals surface area contributed by atoms with Gasteiger partial charge in [-0.1, -0.05) is 96.5 Å². The molecule has 26 N–H and O–H groups in total. The summed E-state index contributed by atoms with van der Waals surface area (Å²) in [7, 11) is 0. The van der Waals surface area contributed by atoms with Gasteiger partial charge in [0.25, 0.3) is 0 Å². The Morgan fingerprint density at radius 2 is 0.878 bits per heavy atom. The van der Waals surface area contributed by atoms with Crippen LogP contribution in [-0.2, 0) is 109 Å². The van der Waals surface area contributed by atoms with Crippen molar-refractivity contribution in [1.82, 2.24) is 79.0 Å². The lowest BCUT2D eigenvalue weighted by atomic mass is 9.96. The van der Waals surface area contributed by atoms with Crippen molar-refractivity contribution in [2.45, 2.75) is 262 Å². The number of likely N-dealkylation sites (tertiary alicyclic amines) is 1. The van der Waals surface area contributed by atoms with Crippen LogP contribution < -0.4 is 92.1 Å². The van der Waals surface area contributed by atoms with E-state index in [-0.39, 0.29) is 82.7 Å². The van der Waals surface area contributed by atoms with Gasteiger partial charge in [-0.2, -0.15) is 0 Å². The number of fused-ring (bicyclic) bond motifs is 1. The van der Waals surface area contributed by atoms with Gasteiger partial charge in [-0.05, 0) is 120 Å². The monoisotopic (exact) mass is 1730 g/mol. The van der Waals surface area contributed by atoms with Gasteiger partial charge < -0.3 is 122 Å². The van der Waals surface area contributed by atoms with E-state index in [1.807, 2.05) is 0 Å². The van der Waals surface area contributed by atoms with Crippen molar-refractivity contribution in [2.24, 2.45) is 40.7 Å². The van der Waals surface area contributed by atoms with Crippen molar-refractivity contribution in [3.8, 4) is 0 Å². The third-order valence-corrected chi connectivity index (χ3v) is 20.1. The summed E-state index contributed by atoms with van der Waals surface area (Å²) in [5.74, 6) is -23.9. The minimum atomic E-state index is -1.86. The van der Waals surface area contributed by atoms with E-state index < -0.39 is 260 Å². The van der Waals surface area contributed by atoms with E-state index in [0.29, 0.717) is 28.5 Å². The third-order valence-electron chi connectivity index (χ3n) is 20.1. The van der Waals surface area contributed by atoms with Crippen molar-refractivity contribution in [3.05, 3.63) is 71.9 Å². The normalized spacial score (nSPS) is 16.1. The highest BCUT2D eigenvalue weighted by Crippen LogP contribution is 2.23. The van der Waals surface area contributed by atoms with Crippen LogP contribution in [0.3, 0.4) is 0 Å². The molecule has 123 heavy (non-hydrogen) atoms. The van der Waals surface area contributed by atoms with E-state index in [1.54, 1.807) is 95.4 Å². The summed E-state index contributed by atoms with van der Waals surface area (Å²) in [4.78, 5) is 274. The number of carbonyl (C=O) groups excluding carboxylic acids is 16. The average Bonchev–Trinajstić information content (AvgIpc) is 1.77. The number of unbranched alkanes of at least 4 members (excludes halogenated alkanes) is 1. The highest BCUT2D eigenvalue weighted by molar-refractivity contribution is 6.02. The molecule has 43 nitrogen and oxygen atoms in total. The van der Waals surface area contributed by atoms with E-state index in [9.17, 15) is 116 Å². The number of rotatable bonds is 54. The Hall–Kier alpha value is -12.7. The fourth-order valence-corrected chi connectivity index (χ4v) is 13.2. The molecule has 1 aliphatic rings. The second-order valence-corrected chi connectivity index (χ2v) is 31.4. The van der Waals surface area contributed by atoms with Gasteiger partial charge in [0.1, 0.15) is 84.6 Å². The molecule has 678 valence electrons. The standard InChI is InChI=1S/C80H119N19O24/c1-10-41(6)65(98-70(112)50(26-28-63(104)105)88-77(119)59-24-18-30-99(59)79(121)51(23-16-17-29-81)90-74(116)56(36-61(84)101)95-75(117)55(35-60(83)100)91-66(108)42(7)82)78(120)89-49(25-27-62(102)103)69(111)87-43(8)67(109)86-44(9)68(110)92-52(31-39(2)3)71(113)94-54(33-45-19-12-11-13-20-45)73(115)93-53(32-40(4)5)72(114)96-57(37-64(106)107)76(118)97-58(80(122)123)34-46-38-85-48-22-15-14-21-47(46)48/h11-15,19-22,38-44,49-59,65,85H,10,16-18,23-37,81-82H2,1-9H3,(H2,83,100)(H2,84,101)(H,86,109)(H,87,111)(H,88,119)(H,89,120)(H,90,116)(H,91,108)(H,92,110)(H,93,115)(H,94,113)(H,95,117)(H,96,114)(H,97,118)(H,98,112)(H,102,103)(H,104,105)(H,106,107)(H,122,123)/t41-,42-,43-,44-,49-,50-,51-,52-,53-,54-,55-,56-,57-,58-,59-,65-/m0/s1. The first-order valence-electron chi connectivity index (χ1n) is 40.6. The molecular formula is C80H119N19O24. The number of nitrogens with one attached hydrogen (secondary N) is 14. The summed E-state index contributed by atoms with van der Waals surface area (Å²) in [6.45, 7) is 13.7. The van der Waals surface area contributed by atoms with Crippen molar-refractivity contribution in [3.63, 3.8) is 0 Å². The molecule has 0 spiro atoms. The fraction of sp³-hybridized carbons (Fsp3) is 0.575. The Bertz CT molecular complexity index is 4250. The van der Waals surface area contributed by atoms with Crippen LogP contribution in [0.4, 0.5) is 0 Å². The maximum Gasteiger partial charge on any atom is 0.326 e. The lowest BCUT2D eigenvalue weighted by Gasteiger charge is -2.31. The first kappa shape index (κ1) is 103. The van der Waals surface area contributed by atoms with Crippen LogP contribution >= 0.6 is 0 Å². The average molecular weight is 1730 g/mol. The number of aromatic nitrogens is 1. The summed E-state index contributed by atoms with van der Waals surface area (Å²) in [6, 6.07) is -8.33. The Kier molecular flexibility index (Phi) is 42.2.